The second-order valence-electron chi connectivity index (χ2n) is 3.11. The molecule has 0 saturated heterocycles. The maximum atomic E-state index is 10.7. The van der Waals surface area contributed by atoms with Crippen molar-refractivity contribution >= 4 is 0 Å². The fourth-order valence-corrected chi connectivity index (χ4v) is 1.33. The van der Waals surface area contributed by atoms with Crippen molar-refractivity contribution in [3.05, 3.63) is 52.2 Å². The summed E-state index contributed by atoms with van der Waals surface area (Å²) >= 11 is 0. The summed E-state index contributed by atoms with van der Waals surface area (Å²) in [6.07, 6.45) is 1.64. The Kier molecular flexibility index (Phi) is 2.44. The third-order valence-electron chi connectivity index (χ3n) is 2.04. The van der Waals surface area contributed by atoms with Crippen molar-refractivity contribution < 1.29 is 0 Å². The summed E-state index contributed by atoms with van der Waals surface area (Å²) in [6, 6.07) is 10.1. The predicted octanol–water partition coefficient (Wildman–Crippen LogP) is 0.883. The lowest BCUT2D eigenvalue weighted by Gasteiger charge is -1.96. The van der Waals surface area contributed by atoms with Gasteiger partial charge in [-0.15, -0.1) is 0 Å². The number of nitrogens with one attached hydrogen (secondary N) is 2. The number of H-pyrrole nitrogens is 2. The second-order valence-corrected chi connectivity index (χ2v) is 3.11. The minimum absolute atomic E-state index is 0.243. The van der Waals surface area contributed by atoms with Crippen molar-refractivity contribution in [1.82, 2.24) is 15.2 Å². The number of rotatable bonds is 3. The first-order valence-corrected chi connectivity index (χ1v) is 4.52. The largest absolute Gasteiger partial charge is 0.340 e. The molecule has 0 aliphatic rings. The van der Waals surface area contributed by atoms with E-state index in [1.165, 1.54) is 5.56 Å². The average Bonchev–Trinajstić information content (AvgIpc) is 2.63. The smallest absolute Gasteiger partial charge is 0.293 e. The van der Waals surface area contributed by atoms with Gasteiger partial charge < -0.3 is 0 Å². The molecule has 4 nitrogen and oxygen atoms in total. The lowest BCUT2D eigenvalue weighted by Crippen LogP contribution is -2.01. The Morgan fingerprint density at radius 1 is 1.14 bits per heavy atom. The molecule has 0 fully saturated rings. The molecule has 1 heterocycles. The van der Waals surface area contributed by atoms with Crippen molar-refractivity contribution in [3.8, 4) is 0 Å². The zero-order chi connectivity index (χ0) is 9.80. The van der Waals surface area contributed by atoms with Gasteiger partial charge in [-0.1, -0.05) is 30.3 Å². The van der Waals surface area contributed by atoms with Crippen LogP contribution in [0.3, 0.4) is 0 Å². The van der Waals surface area contributed by atoms with Gasteiger partial charge in [0.25, 0.3) is 0 Å². The van der Waals surface area contributed by atoms with Gasteiger partial charge in [-0.3, -0.25) is 4.98 Å². The van der Waals surface area contributed by atoms with Crippen molar-refractivity contribution in [2.75, 3.05) is 0 Å². The van der Waals surface area contributed by atoms with E-state index < -0.39 is 0 Å². The van der Waals surface area contributed by atoms with Gasteiger partial charge in [0.2, 0.25) is 0 Å². The van der Waals surface area contributed by atoms with Crippen LogP contribution in [0.1, 0.15) is 11.4 Å². The van der Waals surface area contributed by atoms with Crippen LogP contribution in [0.15, 0.2) is 35.1 Å². The lowest BCUT2D eigenvalue weighted by molar-refractivity contribution is 0.865. The summed E-state index contributed by atoms with van der Waals surface area (Å²) in [5.41, 5.74) is 1.00. The summed E-state index contributed by atoms with van der Waals surface area (Å²) < 4.78 is 0. The minimum atomic E-state index is -0.243. The van der Waals surface area contributed by atoms with Crippen molar-refractivity contribution in [1.29, 1.82) is 0 Å². The Morgan fingerprint density at radius 2 is 1.93 bits per heavy atom. The maximum absolute atomic E-state index is 10.7. The van der Waals surface area contributed by atoms with E-state index in [4.69, 9.17) is 0 Å². The standard InChI is InChI=1S/C10H11N3O/c14-10-11-9(12-13-10)7-6-8-4-2-1-3-5-8/h1-5H,6-7H2,(H2,11,12,13,14). The summed E-state index contributed by atoms with van der Waals surface area (Å²) in [5.74, 6) is 0.707. The maximum Gasteiger partial charge on any atom is 0.340 e. The molecule has 0 spiro atoms. The molecule has 2 aromatic rings. The quantitative estimate of drug-likeness (QED) is 0.753. The third kappa shape index (κ3) is 2.10. The first kappa shape index (κ1) is 8.74. The third-order valence-corrected chi connectivity index (χ3v) is 2.04. The zero-order valence-electron chi connectivity index (χ0n) is 7.66. The Balaban J connectivity index is 1.98. The lowest BCUT2D eigenvalue weighted by atomic mass is 10.1. The van der Waals surface area contributed by atoms with E-state index in [9.17, 15) is 4.79 Å². The monoisotopic (exact) mass is 189 g/mol. The van der Waals surface area contributed by atoms with Gasteiger partial charge >= 0.3 is 5.69 Å². The van der Waals surface area contributed by atoms with Gasteiger partial charge in [0.05, 0.1) is 0 Å². The highest BCUT2D eigenvalue weighted by Crippen LogP contribution is 2.01. The van der Waals surface area contributed by atoms with Gasteiger partial charge in [0.15, 0.2) is 0 Å². The molecule has 4 heteroatoms. The molecule has 1 aromatic carbocycles. The van der Waals surface area contributed by atoms with Crippen molar-refractivity contribution in [2.45, 2.75) is 12.8 Å². The number of hydrogen-bond donors (Lipinski definition) is 2. The molecule has 2 rings (SSSR count). The summed E-state index contributed by atoms with van der Waals surface area (Å²) in [7, 11) is 0. The van der Waals surface area contributed by atoms with Crippen LogP contribution >= 0.6 is 0 Å². The molecule has 0 amide bonds. The molecule has 72 valence electrons. The molecule has 0 aliphatic heterocycles. The molecule has 1 aromatic heterocycles. The molecule has 2 N–H and O–H groups in total. The molecule has 0 saturated carbocycles. The van der Waals surface area contributed by atoms with Crippen LogP contribution in [-0.2, 0) is 12.8 Å². The van der Waals surface area contributed by atoms with Crippen LogP contribution in [0.4, 0.5) is 0 Å². The molecular formula is C10H11N3O. The molecule has 0 radical (unpaired) electrons. The first-order valence-electron chi connectivity index (χ1n) is 4.52. The molecule has 0 bridgehead atoms. The normalized spacial score (nSPS) is 10.3. The van der Waals surface area contributed by atoms with E-state index >= 15 is 0 Å². The number of aryl methyl sites for hydroxylation is 2. The van der Waals surface area contributed by atoms with Crippen LogP contribution in [-0.4, -0.2) is 15.2 Å². The van der Waals surface area contributed by atoms with Gasteiger partial charge in [-0.2, -0.15) is 5.10 Å². The number of nitrogens with zero attached hydrogens (tertiary/aromatic N) is 1. The number of hydrogen-bond acceptors (Lipinski definition) is 2. The van der Waals surface area contributed by atoms with E-state index in [0.717, 1.165) is 12.8 Å². The highest BCUT2D eigenvalue weighted by atomic mass is 16.1. The molecule has 0 atom stereocenters. The fourth-order valence-electron chi connectivity index (χ4n) is 1.33. The summed E-state index contributed by atoms with van der Waals surface area (Å²) in [5, 5.41) is 6.18. The Labute approximate surface area is 81.0 Å². The van der Waals surface area contributed by atoms with Gasteiger partial charge in [-0.25, -0.2) is 9.89 Å². The van der Waals surface area contributed by atoms with Crippen LogP contribution < -0.4 is 5.69 Å². The Hall–Kier alpha value is -1.84. The highest BCUT2D eigenvalue weighted by molar-refractivity contribution is 5.15. The molecular weight excluding hydrogens is 178 g/mol. The molecule has 0 unspecified atom stereocenters. The van der Waals surface area contributed by atoms with E-state index in [0.29, 0.717) is 5.82 Å². The van der Waals surface area contributed by atoms with Gasteiger partial charge in [-0.05, 0) is 12.0 Å². The topological polar surface area (TPSA) is 61.5 Å². The van der Waals surface area contributed by atoms with Crippen molar-refractivity contribution in [2.24, 2.45) is 0 Å². The van der Waals surface area contributed by atoms with Gasteiger partial charge in [0.1, 0.15) is 5.82 Å². The average molecular weight is 189 g/mol. The molecule has 14 heavy (non-hydrogen) atoms. The predicted molar refractivity (Wildman–Crippen MR) is 53.1 cm³/mol. The Bertz CT molecular complexity index is 444. The van der Waals surface area contributed by atoms with Gasteiger partial charge in [0, 0.05) is 6.42 Å². The fraction of sp³-hybridized carbons (Fsp3) is 0.200. The van der Waals surface area contributed by atoms with E-state index in [1.807, 2.05) is 18.2 Å². The minimum Gasteiger partial charge on any atom is -0.293 e. The SMILES string of the molecule is O=c1[nH]nc(CCc2ccccc2)[nH]1. The first-order chi connectivity index (χ1) is 6.84. The molecule has 0 aliphatic carbocycles. The number of aromatic amines is 2. The number of aromatic nitrogens is 3. The van der Waals surface area contributed by atoms with Crippen LogP contribution in [0.25, 0.3) is 0 Å². The number of benzene rings is 1. The van der Waals surface area contributed by atoms with E-state index in [1.54, 1.807) is 0 Å². The Morgan fingerprint density at radius 3 is 2.57 bits per heavy atom. The van der Waals surface area contributed by atoms with E-state index in [-0.39, 0.29) is 5.69 Å². The highest BCUT2D eigenvalue weighted by Gasteiger charge is 1.98. The summed E-state index contributed by atoms with van der Waals surface area (Å²) in [4.78, 5) is 13.4. The van der Waals surface area contributed by atoms with Crippen LogP contribution in [0, 0.1) is 0 Å². The summed E-state index contributed by atoms with van der Waals surface area (Å²) in [6.45, 7) is 0. The van der Waals surface area contributed by atoms with Crippen LogP contribution in [0.5, 0.6) is 0 Å². The van der Waals surface area contributed by atoms with Crippen LogP contribution in [0.2, 0.25) is 0 Å². The van der Waals surface area contributed by atoms with E-state index in [2.05, 4.69) is 27.3 Å². The van der Waals surface area contributed by atoms with Crippen molar-refractivity contribution in [3.63, 3.8) is 0 Å². The zero-order valence-corrected chi connectivity index (χ0v) is 7.66. The second kappa shape index (κ2) is 3.91.